The lowest BCUT2D eigenvalue weighted by Gasteiger charge is -2.14. The summed E-state index contributed by atoms with van der Waals surface area (Å²) >= 11 is 1.23. The maximum Gasteiger partial charge on any atom is 0.271 e. The van der Waals surface area contributed by atoms with Crippen molar-refractivity contribution in [1.82, 2.24) is 0 Å². The summed E-state index contributed by atoms with van der Waals surface area (Å²) in [5.41, 5.74) is 2.29. The third-order valence-corrected chi connectivity index (χ3v) is 5.75. The highest BCUT2D eigenvalue weighted by molar-refractivity contribution is 8.19. The number of hydrogen-bond donors (Lipinski definition) is 1. The van der Waals surface area contributed by atoms with Gasteiger partial charge in [0.1, 0.15) is 17.2 Å². The Balaban J connectivity index is 1.64. The smallest absolute Gasteiger partial charge is 0.271 e. The number of thioether (sulfide) groups is 1. The molecule has 7 nitrogen and oxygen atoms in total. The first-order valence-corrected chi connectivity index (χ1v) is 10.8. The first-order valence-electron chi connectivity index (χ1n) is 9.99. The standard InChI is InChI=1S/C25H21N3O4S/c1-31-21-11-3-17(4-12-21)15-23-24(30)28(19-7-9-20(29)10-8-19)25(33-23)27-26-16-18-5-13-22(32-2)14-6-18/h3-16,29H,1-2H3/b23-15-,26-16+,27-25-. The van der Waals surface area contributed by atoms with Gasteiger partial charge in [-0.15, -0.1) is 5.10 Å². The summed E-state index contributed by atoms with van der Waals surface area (Å²) in [5, 5.41) is 18.5. The van der Waals surface area contributed by atoms with E-state index in [4.69, 9.17) is 9.47 Å². The van der Waals surface area contributed by atoms with Gasteiger partial charge in [0.25, 0.3) is 5.91 Å². The van der Waals surface area contributed by atoms with Crippen molar-refractivity contribution >= 4 is 40.8 Å². The molecule has 166 valence electrons. The van der Waals surface area contributed by atoms with Crippen LogP contribution in [-0.4, -0.2) is 36.6 Å². The lowest BCUT2D eigenvalue weighted by molar-refractivity contribution is -0.113. The summed E-state index contributed by atoms with van der Waals surface area (Å²) in [5.74, 6) is 1.38. The number of amides is 1. The third-order valence-electron chi connectivity index (χ3n) is 4.79. The predicted molar refractivity (Wildman–Crippen MR) is 132 cm³/mol. The molecule has 0 radical (unpaired) electrons. The maximum absolute atomic E-state index is 13.2. The average Bonchev–Trinajstić information content (AvgIpc) is 3.15. The van der Waals surface area contributed by atoms with Gasteiger partial charge in [-0.25, -0.2) is 0 Å². The number of carbonyl (C=O) groups excluding carboxylic acids is 1. The van der Waals surface area contributed by atoms with Crippen molar-refractivity contribution in [1.29, 1.82) is 0 Å². The molecular formula is C25H21N3O4S. The maximum atomic E-state index is 13.2. The van der Waals surface area contributed by atoms with Crippen molar-refractivity contribution in [3.05, 3.63) is 88.8 Å². The molecule has 0 saturated carbocycles. The zero-order valence-corrected chi connectivity index (χ0v) is 18.8. The number of ether oxygens (including phenoxy) is 2. The average molecular weight is 460 g/mol. The Bertz CT molecular complexity index is 1220. The minimum absolute atomic E-state index is 0.114. The van der Waals surface area contributed by atoms with Crippen molar-refractivity contribution in [2.75, 3.05) is 19.1 Å². The van der Waals surface area contributed by atoms with Crippen LogP contribution in [-0.2, 0) is 4.79 Å². The number of amidine groups is 1. The highest BCUT2D eigenvalue weighted by atomic mass is 32.2. The van der Waals surface area contributed by atoms with Gasteiger partial charge in [0.15, 0.2) is 0 Å². The van der Waals surface area contributed by atoms with Gasteiger partial charge in [0, 0.05) is 0 Å². The molecule has 0 aromatic heterocycles. The Morgan fingerprint density at radius 1 is 0.848 bits per heavy atom. The number of carbonyl (C=O) groups is 1. The molecule has 3 aromatic rings. The van der Waals surface area contributed by atoms with Crippen molar-refractivity contribution in [2.24, 2.45) is 10.2 Å². The fraction of sp³-hybridized carbons (Fsp3) is 0.0800. The van der Waals surface area contributed by atoms with Gasteiger partial charge in [-0.3, -0.25) is 9.69 Å². The highest BCUT2D eigenvalue weighted by Gasteiger charge is 2.35. The molecule has 1 aliphatic rings. The molecule has 0 atom stereocenters. The van der Waals surface area contributed by atoms with Crippen molar-refractivity contribution in [3.63, 3.8) is 0 Å². The number of hydrogen-bond acceptors (Lipinski definition) is 7. The van der Waals surface area contributed by atoms with Gasteiger partial charge in [-0.05, 0) is 89.6 Å². The zero-order chi connectivity index (χ0) is 23.2. The molecule has 3 aromatic carbocycles. The Hall–Kier alpha value is -4.04. The van der Waals surface area contributed by atoms with E-state index in [1.165, 1.54) is 28.8 Å². The summed E-state index contributed by atoms with van der Waals surface area (Å²) in [6, 6.07) is 21.2. The van der Waals surface area contributed by atoms with Gasteiger partial charge >= 0.3 is 0 Å². The van der Waals surface area contributed by atoms with E-state index in [1.807, 2.05) is 48.5 Å². The molecule has 8 heteroatoms. The molecule has 1 N–H and O–H groups in total. The summed E-state index contributed by atoms with van der Waals surface area (Å²) in [7, 11) is 3.22. The van der Waals surface area contributed by atoms with E-state index < -0.39 is 0 Å². The molecule has 1 fully saturated rings. The lowest BCUT2D eigenvalue weighted by atomic mass is 10.2. The molecular weight excluding hydrogens is 438 g/mol. The lowest BCUT2D eigenvalue weighted by Crippen LogP contribution is -2.28. The molecule has 33 heavy (non-hydrogen) atoms. The summed E-state index contributed by atoms with van der Waals surface area (Å²) in [4.78, 5) is 15.2. The second kappa shape index (κ2) is 10.1. The first kappa shape index (κ1) is 22.2. The first-order chi connectivity index (χ1) is 16.1. The van der Waals surface area contributed by atoms with Crippen LogP contribution in [0.15, 0.2) is 87.9 Å². The summed E-state index contributed by atoms with van der Waals surface area (Å²) in [6.45, 7) is 0. The van der Waals surface area contributed by atoms with E-state index in [0.717, 1.165) is 22.6 Å². The van der Waals surface area contributed by atoms with E-state index >= 15 is 0 Å². The van der Waals surface area contributed by atoms with Gasteiger partial charge in [0.05, 0.1) is 31.0 Å². The minimum Gasteiger partial charge on any atom is -0.508 e. The van der Waals surface area contributed by atoms with Crippen LogP contribution in [0.25, 0.3) is 6.08 Å². The van der Waals surface area contributed by atoms with Crippen LogP contribution in [0.1, 0.15) is 11.1 Å². The van der Waals surface area contributed by atoms with Crippen LogP contribution in [0.3, 0.4) is 0 Å². The summed E-state index contributed by atoms with van der Waals surface area (Å²) < 4.78 is 10.4. The molecule has 0 aliphatic carbocycles. The number of methoxy groups -OCH3 is 2. The van der Waals surface area contributed by atoms with Crippen molar-refractivity contribution in [2.45, 2.75) is 0 Å². The molecule has 0 bridgehead atoms. The van der Waals surface area contributed by atoms with Crippen LogP contribution >= 0.6 is 11.8 Å². The van der Waals surface area contributed by atoms with E-state index in [-0.39, 0.29) is 11.7 Å². The number of benzene rings is 3. The molecule has 4 rings (SSSR count). The Morgan fingerprint density at radius 2 is 1.42 bits per heavy atom. The molecule has 1 amide bonds. The van der Waals surface area contributed by atoms with E-state index in [0.29, 0.717) is 15.8 Å². The largest absolute Gasteiger partial charge is 0.508 e. The number of aromatic hydroxyl groups is 1. The van der Waals surface area contributed by atoms with Crippen molar-refractivity contribution < 1.29 is 19.4 Å². The number of phenolic OH excluding ortho intramolecular Hbond substituents is 1. The van der Waals surface area contributed by atoms with Crippen LogP contribution in [0.2, 0.25) is 0 Å². The number of anilines is 1. The van der Waals surface area contributed by atoms with Gasteiger partial charge in [-0.1, -0.05) is 12.1 Å². The quantitative estimate of drug-likeness (QED) is 0.321. The Kier molecular flexibility index (Phi) is 6.75. The van der Waals surface area contributed by atoms with Crippen LogP contribution in [0.4, 0.5) is 5.69 Å². The number of phenols is 1. The molecule has 1 heterocycles. The fourth-order valence-electron chi connectivity index (χ4n) is 3.06. The predicted octanol–water partition coefficient (Wildman–Crippen LogP) is 4.92. The van der Waals surface area contributed by atoms with E-state index in [2.05, 4.69) is 10.2 Å². The van der Waals surface area contributed by atoms with Crippen LogP contribution < -0.4 is 14.4 Å². The monoisotopic (exact) mass is 459 g/mol. The van der Waals surface area contributed by atoms with E-state index in [1.54, 1.807) is 38.6 Å². The minimum atomic E-state index is -0.222. The van der Waals surface area contributed by atoms with Gasteiger partial charge < -0.3 is 14.6 Å². The van der Waals surface area contributed by atoms with E-state index in [9.17, 15) is 9.90 Å². The Morgan fingerprint density at radius 3 is 2.00 bits per heavy atom. The molecule has 1 aliphatic heterocycles. The summed E-state index contributed by atoms with van der Waals surface area (Å²) in [6.07, 6.45) is 3.41. The topological polar surface area (TPSA) is 83.7 Å². The number of rotatable bonds is 6. The fourth-order valence-corrected chi connectivity index (χ4v) is 3.99. The normalized spacial score (nSPS) is 16.2. The Labute approximate surface area is 195 Å². The SMILES string of the molecule is COc1ccc(/C=C2\S/C(=N\N=C\c3ccc(OC)cc3)N(c3ccc(O)cc3)C2=O)cc1. The molecule has 0 unspecified atom stereocenters. The second-order valence-electron chi connectivity index (χ2n) is 6.94. The van der Waals surface area contributed by atoms with Crippen LogP contribution in [0.5, 0.6) is 17.2 Å². The second-order valence-corrected chi connectivity index (χ2v) is 7.95. The zero-order valence-electron chi connectivity index (χ0n) is 18.0. The number of nitrogens with zero attached hydrogens (tertiary/aromatic N) is 3. The van der Waals surface area contributed by atoms with Crippen LogP contribution in [0, 0.1) is 0 Å². The van der Waals surface area contributed by atoms with Gasteiger partial charge in [-0.2, -0.15) is 5.10 Å². The molecule has 1 saturated heterocycles. The van der Waals surface area contributed by atoms with Crippen molar-refractivity contribution in [3.8, 4) is 17.2 Å². The van der Waals surface area contributed by atoms with Gasteiger partial charge in [0.2, 0.25) is 5.17 Å². The molecule has 0 spiro atoms. The third kappa shape index (κ3) is 5.24. The highest BCUT2D eigenvalue weighted by Crippen LogP contribution is 2.36.